The van der Waals surface area contributed by atoms with Gasteiger partial charge in [-0.05, 0) is 12.8 Å². The van der Waals surface area contributed by atoms with Crippen molar-refractivity contribution in [2.75, 3.05) is 0 Å². The maximum atomic E-state index is 11.5. The highest BCUT2D eigenvalue weighted by Crippen LogP contribution is 2.22. The van der Waals surface area contributed by atoms with Gasteiger partial charge in [-0.25, -0.2) is 5.10 Å². The van der Waals surface area contributed by atoms with E-state index in [9.17, 15) is 4.79 Å². The first kappa shape index (κ1) is 14.6. The minimum atomic E-state index is -1.43. The summed E-state index contributed by atoms with van der Waals surface area (Å²) in [4.78, 5) is 11.5. The fourth-order valence-corrected chi connectivity index (χ4v) is 11.4. The highest BCUT2D eigenvalue weighted by molar-refractivity contribution is 6.89. The lowest BCUT2D eigenvalue weighted by molar-refractivity contribution is -0.118. The van der Waals surface area contributed by atoms with E-state index in [0.717, 1.165) is 25.0 Å². The molecule has 1 saturated carbocycles. The summed E-state index contributed by atoms with van der Waals surface area (Å²) in [6.07, 6.45) is 3.34. The molecule has 0 radical (unpaired) electrons. The number of ketones is 1. The van der Waals surface area contributed by atoms with Gasteiger partial charge in [0.2, 0.25) is 0 Å². The normalized spacial score (nSPS) is 20.8. The van der Waals surface area contributed by atoms with Gasteiger partial charge in [0.25, 0.3) is 0 Å². The first-order valence-electron chi connectivity index (χ1n) is 6.49. The van der Waals surface area contributed by atoms with Crippen LogP contribution in [0.15, 0.2) is 5.10 Å². The van der Waals surface area contributed by atoms with Crippen molar-refractivity contribution in [2.24, 2.45) is 5.10 Å². The number of carbonyl (C=O) groups is 1. The first-order chi connectivity index (χ1) is 7.60. The van der Waals surface area contributed by atoms with Crippen LogP contribution >= 0.6 is 0 Å². The fraction of sp³-hybridized carbons (Fsp3) is 0.833. The quantitative estimate of drug-likeness (QED) is 0.581. The molecule has 17 heavy (non-hydrogen) atoms. The topological polar surface area (TPSA) is 32.7 Å². The van der Waals surface area contributed by atoms with Gasteiger partial charge < -0.3 is 4.34 Å². The largest absolute Gasteiger partial charge is 0.350 e. The van der Waals surface area contributed by atoms with E-state index in [2.05, 4.69) is 43.6 Å². The molecule has 0 aliphatic heterocycles. The Balaban J connectivity index is 2.93. The predicted octanol–water partition coefficient (Wildman–Crippen LogP) is 3.46. The molecule has 0 amide bonds. The average Bonchev–Trinajstić information content (AvgIpc) is 2.10. The summed E-state index contributed by atoms with van der Waals surface area (Å²) >= 11 is 0. The monoisotopic (exact) mass is 270 g/mol. The van der Waals surface area contributed by atoms with Crippen LogP contribution in [0.1, 0.15) is 25.7 Å². The predicted molar refractivity (Wildman–Crippen MR) is 79.4 cm³/mol. The maximum Gasteiger partial charge on any atom is 0.158 e. The van der Waals surface area contributed by atoms with Gasteiger partial charge in [-0.2, -0.15) is 0 Å². The Kier molecular flexibility index (Phi) is 4.35. The van der Waals surface area contributed by atoms with Crippen molar-refractivity contribution in [1.29, 1.82) is 0 Å². The van der Waals surface area contributed by atoms with Crippen molar-refractivity contribution >= 4 is 28.0 Å². The van der Waals surface area contributed by atoms with Crippen LogP contribution in [0.2, 0.25) is 39.3 Å². The number of hydrogen-bond donors (Lipinski definition) is 0. The zero-order valence-corrected chi connectivity index (χ0v) is 14.1. The Bertz CT molecular complexity index is 312. The average molecular weight is 271 g/mol. The molecule has 0 atom stereocenters. The molecule has 5 heteroatoms. The third kappa shape index (κ3) is 4.39. The molecule has 0 aromatic rings. The summed E-state index contributed by atoms with van der Waals surface area (Å²) in [5.41, 5.74) is 1.12. The Labute approximate surface area is 107 Å². The van der Waals surface area contributed by atoms with Gasteiger partial charge in [0.15, 0.2) is 16.5 Å². The van der Waals surface area contributed by atoms with Gasteiger partial charge in [-0.1, -0.05) is 39.3 Å². The van der Waals surface area contributed by atoms with Gasteiger partial charge in [0, 0.05) is 18.6 Å². The van der Waals surface area contributed by atoms with Crippen LogP contribution < -0.4 is 0 Å². The molecule has 3 nitrogen and oxygen atoms in total. The maximum absolute atomic E-state index is 11.5. The van der Waals surface area contributed by atoms with E-state index in [-0.39, 0.29) is 0 Å². The van der Waals surface area contributed by atoms with Crippen LogP contribution in [0, 0.1) is 0 Å². The lowest BCUT2D eigenvalue weighted by Crippen LogP contribution is -2.56. The second-order valence-corrected chi connectivity index (χ2v) is 16.9. The van der Waals surface area contributed by atoms with E-state index in [1.54, 1.807) is 0 Å². The van der Waals surface area contributed by atoms with Crippen molar-refractivity contribution in [2.45, 2.75) is 65.0 Å². The summed E-state index contributed by atoms with van der Waals surface area (Å²) in [6.45, 7) is 14.0. The van der Waals surface area contributed by atoms with Crippen molar-refractivity contribution in [1.82, 2.24) is 4.34 Å². The Morgan fingerprint density at radius 1 is 1.00 bits per heavy atom. The molecule has 0 saturated heterocycles. The highest BCUT2D eigenvalue weighted by Gasteiger charge is 2.34. The molecule has 0 bridgehead atoms. The van der Waals surface area contributed by atoms with Crippen LogP contribution in [0.3, 0.4) is 0 Å². The molecule has 0 spiro atoms. The molecule has 0 aromatic heterocycles. The molecule has 0 aromatic carbocycles. The molecule has 1 aliphatic rings. The minimum absolute atomic E-state index is 0.362. The number of carbonyl (C=O) groups excluding carboxylic acids is 1. The van der Waals surface area contributed by atoms with Gasteiger partial charge in [-0.3, -0.25) is 4.79 Å². The number of hydrazone groups is 1. The second-order valence-electron chi connectivity index (χ2n) is 6.89. The Hall–Kier alpha value is -0.426. The molecule has 1 fully saturated rings. The standard InChI is InChI=1S/C12H26N2OSi2/c1-16(2,3)14(17(4,5)6)13-11-8-7-9-12(15)10-11/h7-10H2,1-6H3/b13-11-. The third-order valence-corrected chi connectivity index (χ3v) is 9.60. The van der Waals surface area contributed by atoms with Crippen LogP contribution in [0.25, 0.3) is 0 Å². The van der Waals surface area contributed by atoms with E-state index >= 15 is 0 Å². The summed E-state index contributed by atoms with van der Waals surface area (Å²) in [5.74, 6) is 0.362. The summed E-state index contributed by atoms with van der Waals surface area (Å²) in [6, 6.07) is 0. The Morgan fingerprint density at radius 2 is 1.53 bits per heavy atom. The molecule has 98 valence electrons. The van der Waals surface area contributed by atoms with Gasteiger partial charge >= 0.3 is 0 Å². The lowest BCUT2D eigenvalue weighted by atomic mass is 9.97. The zero-order chi connectivity index (χ0) is 13.3. The van der Waals surface area contributed by atoms with Crippen molar-refractivity contribution in [3.8, 4) is 0 Å². The van der Waals surface area contributed by atoms with Crippen LogP contribution in [0.4, 0.5) is 0 Å². The lowest BCUT2D eigenvalue weighted by Gasteiger charge is -2.42. The number of hydrogen-bond acceptors (Lipinski definition) is 3. The molecule has 0 heterocycles. The smallest absolute Gasteiger partial charge is 0.158 e. The molecule has 1 aliphatic carbocycles. The van der Waals surface area contributed by atoms with Crippen molar-refractivity contribution < 1.29 is 4.79 Å². The van der Waals surface area contributed by atoms with Gasteiger partial charge in [0.05, 0.1) is 0 Å². The zero-order valence-electron chi connectivity index (χ0n) is 12.1. The van der Waals surface area contributed by atoms with Crippen LogP contribution in [-0.2, 0) is 4.79 Å². The molecule has 0 N–H and O–H groups in total. The van der Waals surface area contributed by atoms with Crippen LogP contribution in [0.5, 0.6) is 0 Å². The van der Waals surface area contributed by atoms with Crippen molar-refractivity contribution in [3.05, 3.63) is 0 Å². The molecule has 0 unspecified atom stereocenters. The minimum Gasteiger partial charge on any atom is -0.350 e. The third-order valence-electron chi connectivity index (χ3n) is 2.83. The van der Waals surface area contributed by atoms with Gasteiger partial charge in [0.1, 0.15) is 5.78 Å². The second kappa shape index (κ2) is 5.06. The Morgan fingerprint density at radius 3 is 1.94 bits per heavy atom. The van der Waals surface area contributed by atoms with E-state index in [4.69, 9.17) is 5.10 Å². The van der Waals surface area contributed by atoms with E-state index < -0.39 is 16.5 Å². The molecule has 1 rings (SSSR count). The van der Waals surface area contributed by atoms with E-state index in [0.29, 0.717) is 12.2 Å². The first-order valence-corrected chi connectivity index (χ1v) is 13.4. The van der Waals surface area contributed by atoms with E-state index in [1.165, 1.54) is 0 Å². The number of rotatable bonds is 3. The number of Topliss-reactive ketones (excluding diaryl/α,β-unsaturated/α-hetero) is 1. The SMILES string of the molecule is C[Si](C)(C)N(/N=C1/CCCC(=O)C1)[Si](C)(C)C. The fourth-order valence-electron chi connectivity index (χ4n) is 2.43. The van der Waals surface area contributed by atoms with Gasteiger partial charge in [-0.15, -0.1) is 0 Å². The van der Waals surface area contributed by atoms with E-state index in [1.807, 2.05) is 0 Å². The molecular weight excluding hydrogens is 244 g/mol. The summed E-state index contributed by atoms with van der Waals surface area (Å²) in [5, 5.41) is 4.88. The summed E-state index contributed by atoms with van der Waals surface area (Å²) < 4.78 is 2.41. The highest BCUT2D eigenvalue weighted by atomic mass is 28.4. The number of nitrogens with zero attached hydrogens (tertiary/aromatic N) is 2. The summed E-state index contributed by atoms with van der Waals surface area (Å²) in [7, 11) is -2.86. The van der Waals surface area contributed by atoms with Crippen molar-refractivity contribution in [3.63, 3.8) is 0 Å². The molecular formula is C12H26N2OSi2. The van der Waals surface area contributed by atoms with Crippen LogP contribution in [-0.4, -0.2) is 32.3 Å².